The Hall–Kier alpha value is -2.29. The molecule has 3 atom stereocenters. The van der Waals surface area contributed by atoms with E-state index in [0.29, 0.717) is 53.4 Å². The molecule has 5 rings (SSSR count). The third-order valence-electron chi connectivity index (χ3n) is 6.54. The number of nitrogens with one attached hydrogen (secondary N) is 2. The second-order valence-electron chi connectivity index (χ2n) is 8.69. The lowest BCUT2D eigenvalue weighted by atomic mass is 9.98. The van der Waals surface area contributed by atoms with E-state index in [1.807, 2.05) is 12.1 Å². The van der Waals surface area contributed by atoms with E-state index in [4.69, 9.17) is 13.7 Å². The van der Waals surface area contributed by atoms with Crippen LogP contribution in [0.25, 0.3) is 0 Å². The number of anilines is 1. The van der Waals surface area contributed by atoms with Gasteiger partial charge >= 0.3 is 5.97 Å². The molecule has 2 fully saturated rings. The molecule has 2 heterocycles. The SMILES string of the molecule is COC(=O)c1c(NCO[SH+]c2ccc(F)cc2C[C@@H]2CCNC2)ccc2c1OC[C@@H]1C[C@H]21. The van der Waals surface area contributed by atoms with E-state index >= 15 is 0 Å². The zero-order valence-electron chi connectivity index (χ0n) is 18.0. The molecule has 1 saturated carbocycles. The van der Waals surface area contributed by atoms with Gasteiger partial charge < -0.3 is 20.1 Å². The molecule has 8 heteroatoms. The second kappa shape index (κ2) is 9.29. The quantitative estimate of drug-likeness (QED) is 0.207. The number of hydrogen-bond donors (Lipinski definition) is 2. The van der Waals surface area contributed by atoms with Crippen LogP contribution in [-0.4, -0.2) is 39.5 Å². The Bertz CT molecular complexity index is 1010. The fourth-order valence-electron chi connectivity index (χ4n) is 4.72. The van der Waals surface area contributed by atoms with E-state index in [0.717, 1.165) is 48.4 Å². The van der Waals surface area contributed by atoms with Crippen molar-refractivity contribution in [3.8, 4) is 5.75 Å². The standard InChI is InChI=1S/C24H27FN2O4S/c1-29-24(28)22-20(4-3-18-19-10-16(19)12-30-23(18)22)27-13-31-32-21-5-2-17(25)9-15(21)8-14-6-7-26-11-14/h2-5,9,14,16,19,26-27H,6-8,10-13H2,1H3/p+1/t14-,16-,19-/m0/s1. The van der Waals surface area contributed by atoms with Crippen molar-refractivity contribution >= 4 is 23.7 Å². The minimum atomic E-state index is -0.424. The number of carbonyl (C=O) groups excluding carboxylic acids is 1. The van der Waals surface area contributed by atoms with Gasteiger partial charge in [-0.1, -0.05) is 6.07 Å². The van der Waals surface area contributed by atoms with Crippen LogP contribution in [0, 0.1) is 17.7 Å². The number of carbonyl (C=O) groups is 1. The molecule has 32 heavy (non-hydrogen) atoms. The minimum absolute atomic E-state index is 0.193. The lowest BCUT2D eigenvalue weighted by Crippen LogP contribution is -2.17. The Balaban J connectivity index is 1.25. The van der Waals surface area contributed by atoms with Crippen molar-refractivity contribution in [1.82, 2.24) is 5.32 Å². The van der Waals surface area contributed by atoms with E-state index in [9.17, 15) is 9.18 Å². The maximum absolute atomic E-state index is 13.8. The molecule has 0 aromatic heterocycles. The van der Waals surface area contributed by atoms with Crippen molar-refractivity contribution < 1.29 is 22.8 Å². The maximum Gasteiger partial charge on any atom is 0.343 e. The first-order valence-electron chi connectivity index (χ1n) is 11.1. The number of thiol groups is 1. The average molecular weight is 460 g/mol. The highest BCUT2D eigenvalue weighted by Gasteiger charge is 2.45. The van der Waals surface area contributed by atoms with E-state index in [2.05, 4.69) is 10.6 Å². The number of rotatable bonds is 8. The van der Waals surface area contributed by atoms with Gasteiger partial charge in [-0.05, 0) is 74.0 Å². The number of ether oxygens (including phenoxy) is 2. The van der Waals surface area contributed by atoms with Crippen LogP contribution in [0.15, 0.2) is 35.2 Å². The normalized spacial score (nSPS) is 23.1. The Morgan fingerprint density at radius 3 is 3.06 bits per heavy atom. The molecule has 2 aliphatic heterocycles. The van der Waals surface area contributed by atoms with Gasteiger partial charge in [0, 0.05) is 11.5 Å². The van der Waals surface area contributed by atoms with E-state index < -0.39 is 5.97 Å². The Morgan fingerprint density at radius 2 is 2.25 bits per heavy atom. The molecule has 2 aromatic carbocycles. The molecule has 1 saturated heterocycles. The first-order valence-corrected chi connectivity index (χ1v) is 11.9. The van der Waals surface area contributed by atoms with Gasteiger partial charge in [0.2, 0.25) is 0 Å². The Kier molecular flexibility index (Phi) is 6.26. The molecule has 2 aromatic rings. The molecular formula is C24H28FN2O4S+. The highest BCUT2D eigenvalue weighted by Crippen LogP contribution is 2.55. The molecule has 170 valence electrons. The van der Waals surface area contributed by atoms with Crippen LogP contribution in [0.4, 0.5) is 10.1 Å². The van der Waals surface area contributed by atoms with E-state index in [1.165, 1.54) is 13.2 Å². The summed E-state index contributed by atoms with van der Waals surface area (Å²) in [5, 5.41) is 6.55. The molecule has 3 aliphatic rings. The number of halogens is 1. The number of fused-ring (bicyclic) bond motifs is 3. The van der Waals surface area contributed by atoms with Crippen LogP contribution in [0.1, 0.15) is 40.2 Å². The van der Waals surface area contributed by atoms with E-state index in [1.54, 1.807) is 12.1 Å². The van der Waals surface area contributed by atoms with Crippen LogP contribution < -0.4 is 15.4 Å². The summed E-state index contributed by atoms with van der Waals surface area (Å²) >= 11 is 0.647. The summed E-state index contributed by atoms with van der Waals surface area (Å²) in [7, 11) is 1.37. The van der Waals surface area contributed by atoms with Crippen molar-refractivity contribution in [1.29, 1.82) is 0 Å². The van der Waals surface area contributed by atoms with Gasteiger partial charge in [-0.15, -0.1) is 4.18 Å². The summed E-state index contributed by atoms with van der Waals surface area (Å²) in [6.45, 7) is 2.82. The van der Waals surface area contributed by atoms with Gasteiger partial charge in [0.1, 0.15) is 17.1 Å². The predicted molar refractivity (Wildman–Crippen MR) is 122 cm³/mol. The van der Waals surface area contributed by atoms with Crippen LogP contribution in [0.2, 0.25) is 0 Å². The van der Waals surface area contributed by atoms with Crippen molar-refractivity contribution in [2.45, 2.75) is 30.1 Å². The van der Waals surface area contributed by atoms with Gasteiger partial charge in [0.25, 0.3) is 0 Å². The lowest BCUT2D eigenvalue weighted by Gasteiger charge is -2.21. The number of methoxy groups -OCH3 is 1. The summed E-state index contributed by atoms with van der Waals surface area (Å²) in [6, 6.07) is 8.79. The first kappa shape index (κ1) is 21.6. The molecular weight excluding hydrogens is 431 g/mol. The smallest absolute Gasteiger partial charge is 0.343 e. The Morgan fingerprint density at radius 1 is 1.34 bits per heavy atom. The molecule has 2 N–H and O–H groups in total. The lowest BCUT2D eigenvalue weighted by molar-refractivity contribution is 0.0596. The molecule has 0 amide bonds. The Labute approximate surface area is 191 Å². The predicted octanol–water partition coefficient (Wildman–Crippen LogP) is 3.44. The minimum Gasteiger partial charge on any atom is -0.492 e. The van der Waals surface area contributed by atoms with Gasteiger partial charge in [0.05, 0.1) is 19.4 Å². The summed E-state index contributed by atoms with van der Waals surface area (Å²) in [6.07, 6.45) is 3.05. The molecule has 0 radical (unpaired) electrons. The maximum atomic E-state index is 13.8. The third kappa shape index (κ3) is 4.44. The van der Waals surface area contributed by atoms with Crippen LogP contribution in [0.3, 0.4) is 0 Å². The zero-order valence-corrected chi connectivity index (χ0v) is 18.9. The van der Waals surface area contributed by atoms with Crippen molar-refractivity contribution in [2.75, 3.05) is 38.9 Å². The van der Waals surface area contributed by atoms with Crippen molar-refractivity contribution in [2.24, 2.45) is 11.8 Å². The highest BCUT2D eigenvalue weighted by atomic mass is 32.2. The number of esters is 1. The molecule has 1 aliphatic carbocycles. The van der Waals surface area contributed by atoms with Gasteiger partial charge in [-0.3, -0.25) is 0 Å². The van der Waals surface area contributed by atoms with Crippen molar-refractivity contribution in [3.05, 3.63) is 52.8 Å². The summed E-state index contributed by atoms with van der Waals surface area (Å²) in [4.78, 5) is 13.5. The second-order valence-corrected chi connectivity index (χ2v) is 9.61. The number of hydrogen-bond acceptors (Lipinski definition) is 6. The van der Waals surface area contributed by atoms with Crippen molar-refractivity contribution in [3.63, 3.8) is 0 Å². The molecule has 0 bridgehead atoms. The topological polar surface area (TPSA) is 68.8 Å². The van der Waals surface area contributed by atoms with Crippen LogP contribution in [-0.2, 0) is 27.4 Å². The van der Waals surface area contributed by atoms with Crippen LogP contribution >= 0.6 is 0 Å². The van der Waals surface area contributed by atoms with Gasteiger partial charge in [-0.25, -0.2) is 9.18 Å². The highest BCUT2D eigenvalue weighted by molar-refractivity contribution is 7.73. The fourth-order valence-corrected chi connectivity index (χ4v) is 5.40. The van der Waals surface area contributed by atoms with Gasteiger partial charge in [0.15, 0.2) is 23.7 Å². The first-order chi connectivity index (χ1) is 15.6. The van der Waals surface area contributed by atoms with Crippen LogP contribution in [0.5, 0.6) is 5.75 Å². The van der Waals surface area contributed by atoms with Gasteiger partial charge in [-0.2, -0.15) is 0 Å². The molecule has 0 unspecified atom stereocenters. The average Bonchev–Trinajstić information content (AvgIpc) is 3.43. The summed E-state index contributed by atoms with van der Waals surface area (Å²) in [5.41, 5.74) is 3.12. The summed E-state index contributed by atoms with van der Waals surface area (Å²) < 4.78 is 30.6. The summed E-state index contributed by atoms with van der Waals surface area (Å²) in [5.74, 6) is 1.55. The monoisotopic (exact) mass is 459 g/mol. The molecule has 6 nitrogen and oxygen atoms in total. The zero-order chi connectivity index (χ0) is 22.1. The fraction of sp³-hybridized carbons (Fsp3) is 0.458. The largest absolute Gasteiger partial charge is 0.492 e. The molecule has 0 spiro atoms. The number of benzene rings is 2. The van der Waals surface area contributed by atoms with E-state index in [-0.39, 0.29) is 12.5 Å². The third-order valence-corrected chi connectivity index (χ3v) is 7.44.